The van der Waals surface area contributed by atoms with E-state index in [1.165, 1.54) is 6.92 Å². The van der Waals surface area contributed by atoms with Gasteiger partial charge in [-0.1, -0.05) is 0 Å². The largest absolute Gasteiger partial charge is 0.380 e. The molecule has 0 aliphatic heterocycles. The summed E-state index contributed by atoms with van der Waals surface area (Å²) in [5.74, 6) is -1.50. The second kappa shape index (κ2) is 7.20. The van der Waals surface area contributed by atoms with Gasteiger partial charge < -0.3 is 10.1 Å². The Morgan fingerprint density at radius 1 is 1.48 bits per heavy atom. The Labute approximate surface area is 127 Å². The van der Waals surface area contributed by atoms with Crippen LogP contribution in [0.4, 0.5) is 4.39 Å². The van der Waals surface area contributed by atoms with Crippen molar-refractivity contribution in [3.8, 4) is 0 Å². The summed E-state index contributed by atoms with van der Waals surface area (Å²) in [6.07, 6.45) is 0. The predicted molar refractivity (Wildman–Crippen MR) is 77.6 cm³/mol. The first-order valence-corrected chi connectivity index (χ1v) is 8.61. The van der Waals surface area contributed by atoms with Crippen LogP contribution in [-0.2, 0) is 13.8 Å². The van der Waals surface area contributed by atoms with Crippen LogP contribution >= 0.6 is 10.7 Å². The number of carbonyl (C=O) groups excluding carboxylic acids is 1. The monoisotopic (exact) mass is 337 g/mol. The lowest BCUT2D eigenvalue weighted by Gasteiger charge is -2.15. The van der Waals surface area contributed by atoms with E-state index in [-0.39, 0.29) is 28.7 Å². The highest BCUT2D eigenvalue weighted by molar-refractivity contribution is 8.13. The zero-order valence-electron chi connectivity index (χ0n) is 11.9. The van der Waals surface area contributed by atoms with Crippen LogP contribution in [0.2, 0.25) is 0 Å². The number of aryl methyl sites for hydroxylation is 1. The number of hydrogen-bond acceptors (Lipinski definition) is 4. The van der Waals surface area contributed by atoms with Gasteiger partial charge in [-0.05, 0) is 38.5 Å². The summed E-state index contributed by atoms with van der Waals surface area (Å²) in [5, 5.41) is 2.54. The minimum atomic E-state index is -4.04. The molecule has 1 amide bonds. The first-order chi connectivity index (χ1) is 9.66. The molecule has 0 bridgehead atoms. The summed E-state index contributed by atoms with van der Waals surface area (Å²) in [4.78, 5) is 11.7. The highest BCUT2D eigenvalue weighted by Gasteiger charge is 2.21. The van der Waals surface area contributed by atoms with Gasteiger partial charge in [0.25, 0.3) is 15.0 Å². The van der Waals surface area contributed by atoms with Gasteiger partial charge >= 0.3 is 0 Å². The minimum Gasteiger partial charge on any atom is -0.380 e. The van der Waals surface area contributed by atoms with Crippen molar-refractivity contribution >= 4 is 25.6 Å². The first-order valence-electron chi connectivity index (χ1n) is 6.30. The SMILES string of the molecule is CCOCC(C)NC(=O)c1cc(S(=O)(=O)Cl)cc(C)c1F. The summed E-state index contributed by atoms with van der Waals surface area (Å²) in [5.41, 5.74) is -0.336. The molecule has 0 saturated heterocycles. The van der Waals surface area contributed by atoms with Crippen molar-refractivity contribution in [2.45, 2.75) is 31.7 Å². The summed E-state index contributed by atoms with van der Waals surface area (Å²) in [6.45, 7) is 5.64. The Kier molecular flexibility index (Phi) is 6.12. The molecule has 0 aromatic heterocycles. The zero-order valence-corrected chi connectivity index (χ0v) is 13.5. The van der Waals surface area contributed by atoms with E-state index in [9.17, 15) is 17.6 Å². The van der Waals surface area contributed by atoms with Crippen LogP contribution in [0.3, 0.4) is 0 Å². The van der Waals surface area contributed by atoms with Crippen molar-refractivity contribution in [3.63, 3.8) is 0 Å². The highest BCUT2D eigenvalue weighted by Crippen LogP contribution is 2.22. The number of hydrogen-bond donors (Lipinski definition) is 1. The molecule has 0 heterocycles. The molecule has 0 spiro atoms. The van der Waals surface area contributed by atoms with E-state index in [1.54, 1.807) is 6.92 Å². The van der Waals surface area contributed by atoms with Crippen LogP contribution in [0, 0.1) is 12.7 Å². The lowest BCUT2D eigenvalue weighted by atomic mass is 10.1. The predicted octanol–water partition coefficient (Wildman–Crippen LogP) is 2.22. The average molecular weight is 338 g/mol. The van der Waals surface area contributed by atoms with E-state index in [0.29, 0.717) is 6.61 Å². The molecule has 1 aromatic carbocycles. The van der Waals surface area contributed by atoms with Gasteiger partial charge in [-0.3, -0.25) is 4.79 Å². The Balaban J connectivity index is 3.06. The summed E-state index contributed by atoms with van der Waals surface area (Å²) < 4.78 is 41.8. The standard InChI is InChI=1S/C13H17ClFNO4S/c1-4-20-7-9(3)16-13(17)11-6-10(21(14,18)19)5-8(2)12(11)15/h5-6,9H,4,7H2,1-3H3,(H,16,17). The zero-order chi connectivity index (χ0) is 16.2. The molecule has 0 radical (unpaired) electrons. The highest BCUT2D eigenvalue weighted by atomic mass is 35.7. The van der Waals surface area contributed by atoms with E-state index in [4.69, 9.17) is 15.4 Å². The van der Waals surface area contributed by atoms with E-state index in [1.807, 2.05) is 6.92 Å². The number of carbonyl (C=O) groups is 1. The van der Waals surface area contributed by atoms with Gasteiger partial charge in [0, 0.05) is 23.3 Å². The number of halogens is 2. The van der Waals surface area contributed by atoms with E-state index < -0.39 is 20.8 Å². The Morgan fingerprint density at radius 2 is 2.10 bits per heavy atom. The fourth-order valence-corrected chi connectivity index (χ4v) is 2.52. The summed E-state index contributed by atoms with van der Waals surface area (Å²) in [6, 6.07) is 1.67. The van der Waals surface area contributed by atoms with Gasteiger partial charge in [-0.15, -0.1) is 0 Å². The fourth-order valence-electron chi connectivity index (χ4n) is 1.68. The fraction of sp³-hybridized carbons (Fsp3) is 0.462. The molecular formula is C13H17ClFNO4S. The maximum absolute atomic E-state index is 14.0. The van der Waals surface area contributed by atoms with Crippen molar-refractivity contribution < 1.29 is 22.3 Å². The van der Waals surface area contributed by atoms with Gasteiger partial charge in [0.2, 0.25) is 0 Å². The molecule has 1 N–H and O–H groups in total. The number of rotatable bonds is 6. The quantitative estimate of drug-likeness (QED) is 0.808. The van der Waals surface area contributed by atoms with Crippen molar-refractivity contribution in [3.05, 3.63) is 29.1 Å². The molecule has 1 unspecified atom stereocenters. The van der Waals surface area contributed by atoms with Gasteiger partial charge in [-0.2, -0.15) is 0 Å². The van der Waals surface area contributed by atoms with E-state index >= 15 is 0 Å². The minimum absolute atomic E-state index is 0.0272. The Bertz CT molecular complexity index is 633. The molecule has 0 aliphatic carbocycles. The molecule has 1 rings (SSSR count). The Morgan fingerprint density at radius 3 is 2.62 bits per heavy atom. The van der Waals surface area contributed by atoms with Gasteiger partial charge in [0.05, 0.1) is 17.1 Å². The summed E-state index contributed by atoms with van der Waals surface area (Å²) >= 11 is 0. The second-order valence-corrected chi connectivity index (χ2v) is 7.14. The lowest BCUT2D eigenvalue weighted by Crippen LogP contribution is -2.36. The molecule has 8 heteroatoms. The molecular weight excluding hydrogens is 321 g/mol. The van der Waals surface area contributed by atoms with Crippen LogP contribution in [0.1, 0.15) is 29.8 Å². The molecule has 0 saturated carbocycles. The average Bonchev–Trinajstić information content (AvgIpc) is 2.37. The van der Waals surface area contributed by atoms with Crippen molar-refractivity contribution in [2.75, 3.05) is 13.2 Å². The third-order valence-electron chi connectivity index (χ3n) is 2.70. The third kappa shape index (κ3) is 4.94. The van der Waals surface area contributed by atoms with E-state index in [2.05, 4.69) is 5.32 Å². The molecule has 21 heavy (non-hydrogen) atoms. The normalized spacial score (nSPS) is 13.0. The van der Waals surface area contributed by atoms with E-state index in [0.717, 1.165) is 12.1 Å². The van der Waals surface area contributed by atoms with Crippen LogP contribution < -0.4 is 5.32 Å². The van der Waals surface area contributed by atoms with Crippen LogP contribution in [0.5, 0.6) is 0 Å². The Hall–Kier alpha value is -1.18. The number of ether oxygens (including phenoxy) is 1. The maximum Gasteiger partial charge on any atom is 0.261 e. The smallest absolute Gasteiger partial charge is 0.261 e. The van der Waals surface area contributed by atoms with Crippen LogP contribution in [-0.4, -0.2) is 33.6 Å². The molecule has 0 fully saturated rings. The first kappa shape index (κ1) is 17.9. The second-order valence-electron chi connectivity index (χ2n) is 4.57. The lowest BCUT2D eigenvalue weighted by molar-refractivity contribution is 0.0868. The molecule has 118 valence electrons. The number of amides is 1. The maximum atomic E-state index is 14.0. The molecule has 1 atom stereocenters. The number of nitrogens with one attached hydrogen (secondary N) is 1. The topological polar surface area (TPSA) is 72.5 Å². The molecule has 5 nitrogen and oxygen atoms in total. The van der Waals surface area contributed by atoms with Gasteiger partial charge in [0.15, 0.2) is 0 Å². The summed E-state index contributed by atoms with van der Waals surface area (Å²) in [7, 11) is 1.19. The molecule has 0 aliphatic rings. The third-order valence-corrected chi connectivity index (χ3v) is 4.04. The van der Waals surface area contributed by atoms with Crippen LogP contribution in [0.15, 0.2) is 17.0 Å². The van der Waals surface area contributed by atoms with Crippen molar-refractivity contribution in [1.29, 1.82) is 0 Å². The van der Waals surface area contributed by atoms with Gasteiger partial charge in [0.1, 0.15) is 5.82 Å². The molecule has 1 aromatic rings. The van der Waals surface area contributed by atoms with Crippen LogP contribution in [0.25, 0.3) is 0 Å². The van der Waals surface area contributed by atoms with Gasteiger partial charge in [-0.25, -0.2) is 12.8 Å². The number of benzene rings is 1. The van der Waals surface area contributed by atoms with Crippen molar-refractivity contribution in [1.82, 2.24) is 5.32 Å². The van der Waals surface area contributed by atoms with Crippen molar-refractivity contribution in [2.24, 2.45) is 0 Å².